The van der Waals surface area contributed by atoms with Crippen LogP contribution in [0.2, 0.25) is 0 Å². The van der Waals surface area contributed by atoms with Gasteiger partial charge in [0.15, 0.2) is 0 Å². The van der Waals surface area contributed by atoms with Gasteiger partial charge in [0.25, 0.3) is 0 Å². The van der Waals surface area contributed by atoms with Crippen LogP contribution in [0.5, 0.6) is 17.2 Å². The molecule has 174 valence electrons. The van der Waals surface area contributed by atoms with E-state index in [1.165, 1.54) is 0 Å². The maximum Gasteiger partial charge on any atom is 0.235 e. The molecular formula is C27H25BrN2O4. The number of pyridine rings is 1. The number of aromatic hydroxyl groups is 1. The zero-order valence-corrected chi connectivity index (χ0v) is 20.4. The van der Waals surface area contributed by atoms with Gasteiger partial charge in [-0.2, -0.15) is 0 Å². The average molecular weight is 521 g/mol. The van der Waals surface area contributed by atoms with Crippen LogP contribution in [0.3, 0.4) is 0 Å². The maximum atomic E-state index is 13.4. The molecule has 0 radical (unpaired) electrons. The molecule has 1 aliphatic heterocycles. The van der Waals surface area contributed by atoms with Gasteiger partial charge in [-0.3, -0.25) is 14.7 Å². The number of para-hydroxylation sites is 1. The Morgan fingerprint density at radius 1 is 1.18 bits per heavy atom. The van der Waals surface area contributed by atoms with E-state index in [0.717, 1.165) is 35.8 Å². The second kappa shape index (κ2) is 9.60. The first-order valence-corrected chi connectivity index (χ1v) is 12.2. The van der Waals surface area contributed by atoms with Crippen LogP contribution < -0.4 is 10.2 Å². The number of fused-ring (bicyclic) bond motifs is 1. The van der Waals surface area contributed by atoms with E-state index in [4.69, 9.17) is 9.15 Å². The Bertz CT molecular complexity index is 1390. The summed E-state index contributed by atoms with van der Waals surface area (Å²) in [5.74, 6) is 1.15. The molecule has 0 saturated carbocycles. The van der Waals surface area contributed by atoms with E-state index >= 15 is 0 Å². The molecule has 7 heteroatoms. The van der Waals surface area contributed by atoms with Gasteiger partial charge in [-0.15, -0.1) is 0 Å². The fourth-order valence-electron chi connectivity index (χ4n) is 4.64. The van der Waals surface area contributed by atoms with E-state index < -0.39 is 0 Å². The van der Waals surface area contributed by atoms with Crippen LogP contribution in [0.1, 0.15) is 42.2 Å². The molecule has 6 nitrogen and oxygen atoms in total. The van der Waals surface area contributed by atoms with Gasteiger partial charge in [0.1, 0.15) is 22.8 Å². The number of halogens is 1. The van der Waals surface area contributed by atoms with Crippen molar-refractivity contribution in [1.82, 2.24) is 9.88 Å². The smallest absolute Gasteiger partial charge is 0.235 e. The second-order valence-electron chi connectivity index (χ2n) is 8.56. The van der Waals surface area contributed by atoms with Gasteiger partial charge in [-0.05, 0) is 78.1 Å². The number of phenolic OH excluding ortho intramolecular Hbond substituents is 1. The number of aryl methyl sites for hydroxylation is 1. The number of phenols is 1. The molecule has 1 saturated heterocycles. The van der Waals surface area contributed by atoms with Gasteiger partial charge in [0.05, 0.1) is 15.4 Å². The highest BCUT2D eigenvalue weighted by molar-refractivity contribution is 9.10. The van der Waals surface area contributed by atoms with Crippen LogP contribution in [-0.2, 0) is 6.54 Å². The summed E-state index contributed by atoms with van der Waals surface area (Å²) in [7, 11) is 0. The average Bonchev–Trinajstić information content (AvgIpc) is 2.85. The van der Waals surface area contributed by atoms with Gasteiger partial charge in [-0.1, -0.05) is 24.6 Å². The highest BCUT2D eigenvalue weighted by Gasteiger charge is 2.27. The number of hydrogen-bond acceptors (Lipinski definition) is 6. The van der Waals surface area contributed by atoms with Crippen LogP contribution in [0.15, 0.2) is 74.6 Å². The molecule has 0 aliphatic carbocycles. The summed E-state index contributed by atoms with van der Waals surface area (Å²) in [5, 5.41) is 11.2. The van der Waals surface area contributed by atoms with E-state index in [-0.39, 0.29) is 23.0 Å². The Labute approximate surface area is 205 Å². The number of aromatic nitrogens is 1. The number of hydrogen-bond donors (Lipinski definition) is 1. The SMILES string of the molecule is Cc1oc2c(CN3CCCC[C@H]3c3cccnc3)c(O)ccc2c(=O)c1Oc1ccccc1Br. The number of piperidine rings is 1. The van der Waals surface area contributed by atoms with Gasteiger partial charge >= 0.3 is 0 Å². The molecule has 4 aromatic rings. The van der Waals surface area contributed by atoms with E-state index in [0.29, 0.717) is 34.6 Å². The van der Waals surface area contributed by atoms with Crippen molar-refractivity contribution in [3.8, 4) is 17.2 Å². The molecule has 2 aromatic heterocycles. The van der Waals surface area contributed by atoms with Crippen LogP contribution in [0, 0.1) is 6.92 Å². The molecule has 0 spiro atoms. The first-order chi connectivity index (χ1) is 16.5. The fourth-order valence-corrected chi connectivity index (χ4v) is 5.00. The second-order valence-corrected chi connectivity index (χ2v) is 9.41. The number of likely N-dealkylation sites (tertiary alicyclic amines) is 1. The summed E-state index contributed by atoms with van der Waals surface area (Å²) in [5.41, 5.74) is 1.90. The molecule has 0 bridgehead atoms. The normalized spacial score (nSPS) is 16.6. The highest BCUT2D eigenvalue weighted by atomic mass is 79.9. The quantitative estimate of drug-likeness (QED) is 0.324. The van der Waals surface area contributed by atoms with Crippen molar-refractivity contribution in [2.24, 2.45) is 0 Å². The van der Waals surface area contributed by atoms with E-state index in [2.05, 4.69) is 31.9 Å². The minimum atomic E-state index is -0.266. The first kappa shape index (κ1) is 22.6. The Hall–Kier alpha value is -3.16. The summed E-state index contributed by atoms with van der Waals surface area (Å²) < 4.78 is 12.8. The van der Waals surface area contributed by atoms with Gasteiger partial charge in [-0.25, -0.2) is 0 Å². The number of ether oxygens (including phenoxy) is 1. The lowest BCUT2D eigenvalue weighted by molar-refractivity contribution is 0.139. The zero-order chi connectivity index (χ0) is 23.7. The summed E-state index contributed by atoms with van der Waals surface area (Å²) in [6.45, 7) is 3.07. The molecule has 2 aromatic carbocycles. The van der Waals surface area contributed by atoms with Crippen LogP contribution in [-0.4, -0.2) is 21.5 Å². The maximum absolute atomic E-state index is 13.4. The molecule has 1 N–H and O–H groups in total. The topological polar surface area (TPSA) is 75.8 Å². The van der Waals surface area contributed by atoms with Gasteiger partial charge in [0, 0.05) is 25.0 Å². The lowest BCUT2D eigenvalue weighted by Crippen LogP contribution is -2.33. The Balaban J connectivity index is 1.55. The predicted molar refractivity (Wildman–Crippen MR) is 134 cm³/mol. The molecule has 1 atom stereocenters. The van der Waals surface area contributed by atoms with E-state index in [1.54, 1.807) is 31.3 Å². The monoisotopic (exact) mass is 520 g/mol. The first-order valence-electron chi connectivity index (χ1n) is 11.4. The number of benzene rings is 2. The summed E-state index contributed by atoms with van der Waals surface area (Å²) in [6, 6.07) is 14.7. The molecule has 5 rings (SSSR count). The third kappa shape index (κ3) is 4.33. The molecule has 0 amide bonds. The van der Waals surface area contributed by atoms with Crippen molar-refractivity contribution in [1.29, 1.82) is 0 Å². The van der Waals surface area contributed by atoms with Gasteiger partial charge < -0.3 is 14.3 Å². The van der Waals surface area contributed by atoms with Crippen molar-refractivity contribution in [2.75, 3.05) is 6.54 Å². The number of nitrogens with zero attached hydrogens (tertiary/aromatic N) is 2. The fraction of sp³-hybridized carbons (Fsp3) is 0.259. The Morgan fingerprint density at radius 3 is 2.82 bits per heavy atom. The van der Waals surface area contributed by atoms with E-state index in [1.807, 2.05) is 30.5 Å². The molecular weight excluding hydrogens is 496 g/mol. The summed E-state index contributed by atoms with van der Waals surface area (Å²) >= 11 is 3.45. The minimum Gasteiger partial charge on any atom is -0.507 e. The Kier molecular flexibility index (Phi) is 6.39. The van der Waals surface area contributed by atoms with E-state index in [9.17, 15) is 9.90 Å². The summed E-state index contributed by atoms with van der Waals surface area (Å²) in [4.78, 5) is 20.0. The lowest BCUT2D eigenvalue weighted by atomic mass is 9.95. The molecule has 3 heterocycles. The molecule has 34 heavy (non-hydrogen) atoms. The van der Waals surface area contributed by atoms with Crippen LogP contribution in [0.25, 0.3) is 11.0 Å². The van der Waals surface area contributed by atoms with Crippen molar-refractivity contribution >= 4 is 26.9 Å². The zero-order valence-electron chi connectivity index (χ0n) is 18.8. The molecule has 1 fully saturated rings. The Morgan fingerprint density at radius 2 is 2.03 bits per heavy atom. The number of rotatable bonds is 5. The predicted octanol–water partition coefficient (Wildman–Crippen LogP) is 6.48. The highest BCUT2D eigenvalue weighted by Crippen LogP contribution is 2.37. The van der Waals surface area contributed by atoms with Crippen molar-refractivity contribution in [3.63, 3.8) is 0 Å². The van der Waals surface area contributed by atoms with Gasteiger partial charge in [0.2, 0.25) is 11.2 Å². The van der Waals surface area contributed by atoms with Crippen molar-refractivity contribution < 1.29 is 14.3 Å². The molecule has 0 unspecified atom stereocenters. The molecule has 1 aliphatic rings. The minimum absolute atomic E-state index is 0.116. The van der Waals surface area contributed by atoms with Crippen molar-refractivity contribution in [2.45, 2.75) is 38.8 Å². The summed E-state index contributed by atoms with van der Waals surface area (Å²) in [6.07, 6.45) is 6.92. The lowest BCUT2D eigenvalue weighted by Gasteiger charge is -2.36. The van der Waals surface area contributed by atoms with Crippen LogP contribution in [0.4, 0.5) is 0 Å². The standard InChI is InChI=1S/C27H25BrN2O4/c1-17-26(34-24-10-3-2-8-21(24)28)25(32)19-11-12-23(31)20(27(19)33-17)16-30-14-5-4-9-22(30)18-7-6-13-29-15-18/h2-3,6-8,10-13,15,22,31H,4-5,9,14,16H2,1H3/t22-/m0/s1. The van der Waals surface area contributed by atoms with Crippen LogP contribution >= 0.6 is 15.9 Å². The third-order valence-electron chi connectivity index (χ3n) is 6.35. The van der Waals surface area contributed by atoms with Crippen molar-refractivity contribution in [3.05, 3.63) is 92.5 Å². The largest absolute Gasteiger partial charge is 0.507 e. The third-order valence-corrected chi connectivity index (χ3v) is 7.01.